The predicted octanol–water partition coefficient (Wildman–Crippen LogP) is -5.44. The molecule has 10 N–H and O–H groups in total. The number of nitrogens with one attached hydrogen (secondary N) is 2. The zero-order chi connectivity index (χ0) is 23.2. The van der Waals surface area contributed by atoms with Gasteiger partial charge in [0.25, 0.3) is 0 Å². The Kier molecular flexibility index (Phi) is 10.9. The third kappa shape index (κ3) is 6.98. The molecule has 0 aliphatic carbocycles. The highest BCUT2D eigenvalue weighted by molar-refractivity contribution is 8.00. The molecule has 10 atom stereocenters. The lowest BCUT2D eigenvalue weighted by Crippen LogP contribution is -2.63. The van der Waals surface area contributed by atoms with Gasteiger partial charge in [0.1, 0.15) is 35.9 Å². The molecule has 30 heavy (non-hydrogen) atoms. The standard InChI is InChI=1S/C8H15NO6.C8H15NO5S/c2*1-3(11)9-5-7(13)6(12)4(2-10)15-8(5)14/h2*4-8,10,12-14H,2H2,1H3,(H,9,11)/t;4?,5?,6-,7-,8?/m.1/s1. The summed E-state index contributed by atoms with van der Waals surface area (Å²) in [6.45, 7) is 1.60. The van der Waals surface area contributed by atoms with Gasteiger partial charge < -0.3 is 56.2 Å². The van der Waals surface area contributed by atoms with E-state index in [1.54, 1.807) is 0 Å². The van der Waals surface area contributed by atoms with Gasteiger partial charge in [0, 0.05) is 13.8 Å². The van der Waals surface area contributed by atoms with E-state index in [4.69, 9.17) is 14.9 Å². The third-order valence-electron chi connectivity index (χ3n) is 4.54. The van der Waals surface area contributed by atoms with E-state index in [1.165, 1.54) is 13.8 Å². The van der Waals surface area contributed by atoms with Crippen LogP contribution in [-0.4, -0.2) is 125 Å². The summed E-state index contributed by atoms with van der Waals surface area (Å²) < 4.78 is 4.81. The lowest BCUT2D eigenvalue weighted by Gasteiger charge is -2.40. The number of hydrogen-bond donors (Lipinski definition) is 10. The summed E-state index contributed by atoms with van der Waals surface area (Å²) in [6, 6.07) is -2.01. The quantitative estimate of drug-likeness (QED) is 0.190. The average molecular weight is 458 g/mol. The van der Waals surface area contributed by atoms with E-state index in [9.17, 15) is 40.2 Å². The third-order valence-corrected chi connectivity index (χ3v) is 5.89. The molecule has 0 radical (unpaired) electrons. The molecule has 14 heteroatoms. The second kappa shape index (κ2) is 12.1. The van der Waals surface area contributed by atoms with Crippen LogP contribution in [0.1, 0.15) is 13.8 Å². The van der Waals surface area contributed by atoms with E-state index in [0.29, 0.717) is 0 Å². The zero-order valence-electron chi connectivity index (χ0n) is 16.4. The summed E-state index contributed by atoms with van der Waals surface area (Å²) in [5.41, 5.74) is -1.04. The fourth-order valence-corrected chi connectivity index (χ4v) is 4.14. The van der Waals surface area contributed by atoms with Crippen LogP contribution in [0.15, 0.2) is 0 Å². The molecule has 0 spiro atoms. The number of aliphatic hydroxyl groups excluding tert-OH is 8. The molecule has 0 aromatic rings. The Morgan fingerprint density at radius 1 is 0.800 bits per heavy atom. The number of amides is 2. The zero-order valence-corrected chi connectivity index (χ0v) is 17.2. The number of ether oxygens (including phenoxy) is 1. The van der Waals surface area contributed by atoms with E-state index < -0.39 is 78.0 Å². The van der Waals surface area contributed by atoms with Gasteiger partial charge in [-0.15, -0.1) is 11.8 Å². The SMILES string of the molecule is CC(=O)NC1C(O)OC(CO)C(O)C1O.CC(=O)NC1C(O)SC(CO)[C@@H](O)[C@@H]1O. The average Bonchev–Trinajstić information content (AvgIpc) is 2.68. The van der Waals surface area contributed by atoms with E-state index in [2.05, 4.69) is 10.6 Å². The van der Waals surface area contributed by atoms with Crippen molar-refractivity contribution in [2.45, 2.75) is 73.4 Å². The van der Waals surface area contributed by atoms with Gasteiger partial charge in [0.05, 0.1) is 30.6 Å². The normalized spacial score (nSPS) is 41.3. The fourth-order valence-electron chi connectivity index (χ4n) is 2.98. The minimum absolute atomic E-state index is 0.341. The molecule has 176 valence electrons. The molecule has 2 heterocycles. The smallest absolute Gasteiger partial charge is 0.217 e. The first kappa shape index (κ1) is 27.0. The number of rotatable bonds is 4. The van der Waals surface area contributed by atoms with Crippen molar-refractivity contribution < 1.29 is 55.2 Å². The van der Waals surface area contributed by atoms with E-state index >= 15 is 0 Å². The maximum absolute atomic E-state index is 10.8. The van der Waals surface area contributed by atoms with Crippen LogP contribution in [0.25, 0.3) is 0 Å². The van der Waals surface area contributed by atoms with Crippen molar-refractivity contribution in [1.82, 2.24) is 10.6 Å². The molecule has 0 saturated carbocycles. The Morgan fingerprint density at radius 2 is 1.30 bits per heavy atom. The first-order valence-corrected chi connectivity index (χ1v) is 10.0. The monoisotopic (exact) mass is 458 g/mol. The first-order chi connectivity index (χ1) is 13.9. The van der Waals surface area contributed by atoms with Gasteiger partial charge in [0.2, 0.25) is 11.8 Å². The summed E-state index contributed by atoms with van der Waals surface area (Å²) in [7, 11) is 0. The molecule has 13 nitrogen and oxygen atoms in total. The predicted molar refractivity (Wildman–Crippen MR) is 102 cm³/mol. The first-order valence-electron chi connectivity index (χ1n) is 9.09. The Labute approximate surface area is 176 Å². The summed E-state index contributed by atoms with van der Waals surface area (Å²) >= 11 is 0.929. The van der Waals surface area contributed by atoms with Crippen molar-refractivity contribution >= 4 is 23.6 Å². The highest BCUT2D eigenvalue weighted by Gasteiger charge is 2.44. The molecular weight excluding hydrogens is 428 g/mol. The lowest BCUT2D eigenvalue weighted by molar-refractivity contribution is -0.253. The Morgan fingerprint density at radius 3 is 1.77 bits per heavy atom. The van der Waals surface area contributed by atoms with Crippen LogP contribution in [-0.2, 0) is 14.3 Å². The van der Waals surface area contributed by atoms with Crippen molar-refractivity contribution in [3.8, 4) is 0 Å². The van der Waals surface area contributed by atoms with Crippen LogP contribution in [0.4, 0.5) is 0 Å². The molecular formula is C16H30N2O11S. The van der Waals surface area contributed by atoms with Gasteiger partial charge in [-0.1, -0.05) is 0 Å². The van der Waals surface area contributed by atoms with Crippen LogP contribution in [0.3, 0.4) is 0 Å². The van der Waals surface area contributed by atoms with Crippen LogP contribution in [0.5, 0.6) is 0 Å². The molecule has 2 rings (SSSR count). The van der Waals surface area contributed by atoms with Gasteiger partial charge in [-0.05, 0) is 0 Å². The van der Waals surface area contributed by atoms with Crippen molar-refractivity contribution in [3.63, 3.8) is 0 Å². The van der Waals surface area contributed by atoms with Gasteiger partial charge in [-0.25, -0.2) is 0 Å². The number of carbonyl (C=O) groups excluding carboxylic acids is 2. The fraction of sp³-hybridized carbons (Fsp3) is 0.875. The second-order valence-corrected chi connectivity index (χ2v) is 8.27. The number of hydrogen-bond acceptors (Lipinski definition) is 12. The highest BCUT2D eigenvalue weighted by Crippen LogP contribution is 2.31. The summed E-state index contributed by atoms with van der Waals surface area (Å²) in [5.74, 6) is -0.857. The Hall–Kier alpha value is -1.07. The van der Waals surface area contributed by atoms with Crippen LogP contribution < -0.4 is 10.6 Å². The number of carbonyl (C=O) groups is 2. The Balaban J connectivity index is 0.000000300. The van der Waals surface area contributed by atoms with Crippen molar-refractivity contribution in [1.29, 1.82) is 0 Å². The van der Waals surface area contributed by atoms with Crippen molar-refractivity contribution in [3.05, 3.63) is 0 Å². The lowest BCUT2D eigenvalue weighted by atomic mass is 9.97. The number of thioether (sulfide) groups is 1. The van der Waals surface area contributed by atoms with E-state index in [-0.39, 0.29) is 6.61 Å². The van der Waals surface area contributed by atoms with Crippen molar-refractivity contribution in [2.24, 2.45) is 0 Å². The van der Waals surface area contributed by atoms with Gasteiger partial charge in [-0.2, -0.15) is 0 Å². The largest absolute Gasteiger partial charge is 0.395 e. The molecule has 2 aliphatic heterocycles. The summed E-state index contributed by atoms with van der Waals surface area (Å²) in [4.78, 5) is 21.5. The molecule has 0 aromatic carbocycles. The maximum atomic E-state index is 10.8. The van der Waals surface area contributed by atoms with Gasteiger partial charge in [-0.3, -0.25) is 9.59 Å². The van der Waals surface area contributed by atoms with E-state index in [1.807, 2.05) is 0 Å². The molecule has 2 aliphatic rings. The second-order valence-electron chi connectivity index (χ2n) is 6.91. The molecule has 0 aromatic heterocycles. The topological polar surface area (TPSA) is 229 Å². The van der Waals surface area contributed by atoms with Crippen molar-refractivity contribution in [2.75, 3.05) is 13.2 Å². The molecule has 2 amide bonds. The summed E-state index contributed by atoms with van der Waals surface area (Å²) in [6.07, 6.45) is -7.68. The van der Waals surface area contributed by atoms with Gasteiger partial charge in [0.15, 0.2) is 6.29 Å². The molecule has 2 fully saturated rings. The van der Waals surface area contributed by atoms with Crippen LogP contribution in [0, 0.1) is 0 Å². The Bertz CT molecular complexity index is 523. The highest BCUT2D eigenvalue weighted by atomic mass is 32.2. The minimum atomic E-state index is -1.45. The van der Waals surface area contributed by atoms with Crippen LogP contribution >= 0.6 is 11.8 Å². The van der Waals surface area contributed by atoms with Gasteiger partial charge >= 0.3 is 0 Å². The summed E-state index contributed by atoms with van der Waals surface area (Å²) in [5, 5.41) is 78.7. The van der Waals surface area contributed by atoms with Crippen LogP contribution in [0.2, 0.25) is 0 Å². The van der Waals surface area contributed by atoms with E-state index in [0.717, 1.165) is 11.8 Å². The maximum Gasteiger partial charge on any atom is 0.217 e. The molecule has 2 saturated heterocycles. The molecule has 8 unspecified atom stereocenters. The molecule has 0 bridgehead atoms. The minimum Gasteiger partial charge on any atom is -0.395 e. The number of aliphatic hydroxyl groups is 8.